The largest absolute Gasteiger partial charge is 0.536 e. The molecule has 1 aromatic rings. The minimum atomic E-state index is -2.69. The zero-order chi connectivity index (χ0) is 12.7. The number of nitrogens with one attached hydrogen (secondary N) is 1. The van der Waals surface area contributed by atoms with Crippen molar-refractivity contribution >= 4 is 14.0 Å². The van der Waals surface area contributed by atoms with Crippen molar-refractivity contribution in [3.8, 4) is 0 Å². The fourth-order valence-corrected chi connectivity index (χ4v) is 3.43. The highest BCUT2D eigenvalue weighted by molar-refractivity contribution is 6.75. The van der Waals surface area contributed by atoms with Gasteiger partial charge in [-0.1, -0.05) is 24.3 Å². The summed E-state index contributed by atoms with van der Waals surface area (Å²) in [4.78, 5) is 0. The Labute approximate surface area is 103 Å². The van der Waals surface area contributed by atoms with Gasteiger partial charge in [0.15, 0.2) is 0 Å². The van der Waals surface area contributed by atoms with E-state index in [1.807, 2.05) is 24.3 Å². The highest BCUT2D eigenvalue weighted by atomic mass is 28.4. The van der Waals surface area contributed by atoms with Crippen LogP contribution in [0.1, 0.15) is 5.56 Å². The van der Waals surface area contributed by atoms with Crippen molar-refractivity contribution < 1.29 is 13.3 Å². The number of hydrogen-bond donors (Lipinski definition) is 2. The molecule has 0 atom stereocenters. The molecule has 0 aliphatic carbocycles. The van der Waals surface area contributed by atoms with Crippen LogP contribution in [0.15, 0.2) is 24.3 Å². The standard InChI is InChI=1S/C11H20N2O3Si/c1-14-17(15-2,16-3)11-6-4-10(5-7-11)8-13-9-12/h4-7,13H,8-9,12H2,1-3H3. The Balaban J connectivity index is 2.84. The third-order valence-electron chi connectivity index (χ3n) is 2.59. The number of hydrogen-bond acceptors (Lipinski definition) is 5. The van der Waals surface area contributed by atoms with Gasteiger partial charge in [0.05, 0.1) is 0 Å². The lowest BCUT2D eigenvalue weighted by Gasteiger charge is -2.24. The van der Waals surface area contributed by atoms with Crippen molar-refractivity contribution in [2.24, 2.45) is 5.73 Å². The summed E-state index contributed by atoms with van der Waals surface area (Å²) in [6, 6.07) is 7.96. The average molecular weight is 256 g/mol. The van der Waals surface area contributed by atoms with E-state index in [1.54, 1.807) is 21.3 Å². The van der Waals surface area contributed by atoms with Crippen LogP contribution >= 0.6 is 0 Å². The maximum Gasteiger partial charge on any atom is 0.536 e. The third kappa shape index (κ3) is 3.35. The second-order valence-corrected chi connectivity index (χ2v) is 6.41. The summed E-state index contributed by atoms with van der Waals surface area (Å²) < 4.78 is 16.2. The highest BCUT2D eigenvalue weighted by Crippen LogP contribution is 2.08. The first-order valence-electron chi connectivity index (χ1n) is 5.38. The summed E-state index contributed by atoms with van der Waals surface area (Å²) in [7, 11) is 2.11. The lowest BCUT2D eigenvalue weighted by atomic mass is 10.2. The SMILES string of the molecule is CO[Si](OC)(OC)c1ccc(CNCN)cc1. The van der Waals surface area contributed by atoms with Gasteiger partial charge in [-0.25, -0.2) is 0 Å². The first-order valence-corrected chi connectivity index (χ1v) is 7.10. The molecule has 5 nitrogen and oxygen atoms in total. The molecule has 1 aromatic carbocycles. The lowest BCUT2D eigenvalue weighted by Crippen LogP contribution is -2.54. The van der Waals surface area contributed by atoms with Gasteiger partial charge in [0, 0.05) is 39.7 Å². The average Bonchev–Trinajstić information content (AvgIpc) is 2.40. The zero-order valence-electron chi connectivity index (χ0n) is 10.5. The minimum Gasteiger partial charge on any atom is -0.373 e. The van der Waals surface area contributed by atoms with Crippen LogP contribution < -0.4 is 16.2 Å². The van der Waals surface area contributed by atoms with Crippen LogP contribution in [0.4, 0.5) is 0 Å². The Morgan fingerprint density at radius 1 is 1.06 bits per heavy atom. The molecule has 0 fully saturated rings. The molecule has 6 heteroatoms. The van der Waals surface area contributed by atoms with Crippen molar-refractivity contribution in [3.05, 3.63) is 29.8 Å². The van der Waals surface area contributed by atoms with Gasteiger partial charge in [0.25, 0.3) is 0 Å². The molecule has 0 spiro atoms. The second-order valence-electron chi connectivity index (χ2n) is 3.50. The van der Waals surface area contributed by atoms with E-state index >= 15 is 0 Å². The van der Waals surface area contributed by atoms with Crippen molar-refractivity contribution in [2.45, 2.75) is 6.54 Å². The first-order chi connectivity index (χ1) is 8.22. The van der Waals surface area contributed by atoms with Gasteiger partial charge in [0.2, 0.25) is 0 Å². The molecular formula is C11H20N2O3Si. The summed E-state index contributed by atoms with van der Waals surface area (Å²) >= 11 is 0. The van der Waals surface area contributed by atoms with Crippen molar-refractivity contribution in [1.82, 2.24) is 5.32 Å². The van der Waals surface area contributed by atoms with Crippen LogP contribution in [0.25, 0.3) is 0 Å². The van der Waals surface area contributed by atoms with E-state index in [0.717, 1.165) is 17.3 Å². The second kappa shape index (κ2) is 6.85. The smallest absolute Gasteiger partial charge is 0.373 e. The summed E-state index contributed by atoms with van der Waals surface area (Å²) in [6.07, 6.45) is 0. The van der Waals surface area contributed by atoms with Gasteiger partial charge in [0.1, 0.15) is 0 Å². The van der Waals surface area contributed by atoms with Gasteiger partial charge in [-0.15, -0.1) is 0 Å². The molecule has 0 heterocycles. The highest BCUT2D eigenvalue weighted by Gasteiger charge is 2.40. The number of nitrogens with two attached hydrogens (primary N) is 1. The molecule has 0 aromatic heterocycles. The van der Waals surface area contributed by atoms with E-state index in [-0.39, 0.29) is 0 Å². The van der Waals surface area contributed by atoms with Crippen molar-refractivity contribution in [1.29, 1.82) is 0 Å². The van der Waals surface area contributed by atoms with Gasteiger partial charge in [-0.2, -0.15) is 0 Å². The molecule has 17 heavy (non-hydrogen) atoms. The van der Waals surface area contributed by atoms with Crippen molar-refractivity contribution in [3.63, 3.8) is 0 Å². The normalized spacial score (nSPS) is 11.8. The van der Waals surface area contributed by atoms with E-state index < -0.39 is 8.80 Å². The molecule has 0 bridgehead atoms. The quantitative estimate of drug-likeness (QED) is 0.521. The van der Waals surface area contributed by atoms with E-state index in [1.165, 1.54) is 0 Å². The number of rotatable bonds is 7. The predicted octanol–water partition coefficient (Wildman–Crippen LogP) is -0.222. The van der Waals surface area contributed by atoms with Crippen LogP contribution in [0.2, 0.25) is 0 Å². The Hall–Kier alpha value is -0.763. The summed E-state index contributed by atoms with van der Waals surface area (Å²) in [5.41, 5.74) is 6.53. The third-order valence-corrected chi connectivity index (χ3v) is 5.24. The molecule has 96 valence electrons. The van der Waals surface area contributed by atoms with Crippen LogP contribution in [-0.4, -0.2) is 36.8 Å². The van der Waals surface area contributed by atoms with E-state index in [2.05, 4.69) is 5.32 Å². The van der Waals surface area contributed by atoms with E-state index in [9.17, 15) is 0 Å². The van der Waals surface area contributed by atoms with Crippen LogP contribution in [-0.2, 0) is 19.8 Å². The molecule has 0 aliphatic heterocycles. The Morgan fingerprint density at radius 3 is 2.00 bits per heavy atom. The topological polar surface area (TPSA) is 65.7 Å². The zero-order valence-corrected chi connectivity index (χ0v) is 11.5. The molecule has 0 aliphatic rings. The fraction of sp³-hybridized carbons (Fsp3) is 0.455. The Morgan fingerprint density at radius 2 is 1.59 bits per heavy atom. The lowest BCUT2D eigenvalue weighted by molar-refractivity contribution is 0.140. The predicted molar refractivity (Wildman–Crippen MR) is 68.8 cm³/mol. The monoisotopic (exact) mass is 256 g/mol. The first kappa shape index (κ1) is 14.3. The molecule has 3 N–H and O–H groups in total. The summed E-state index contributed by atoms with van der Waals surface area (Å²) in [5, 5.41) is 4.01. The molecule has 1 rings (SSSR count). The molecule has 0 unspecified atom stereocenters. The maximum absolute atomic E-state index is 5.40. The van der Waals surface area contributed by atoms with E-state index in [4.69, 9.17) is 19.0 Å². The van der Waals surface area contributed by atoms with Gasteiger partial charge in [-0.05, 0) is 5.56 Å². The molecule has 0 saturated carbocycles. The van der Waals surface area contributed by atoms with Gasteiger partial charge >= 0.3 is 8.80 Å². The van der Waals surface area contributed by atoms with Crippen LogP contribution in [0.3, 0.4) is 0 Å². The Kier molecular flexibility index (Phi) is 5.76. The van der Waals surface area contributed by atoms with Gasteiger partial charge in [-0.3, -0.25) is 0 Å². The summed E-state index contributed by atoms with van der Waals surface area (Å²) in [5.74, 6) is 0. The number of benzene rings is 1. The van der Waals surface area contributed by atoms with Crippen molar-refractivity contribution in [2.75, 3.05) is 28.0 Å². The molecule has 0 radical (unpaired) electrons. The molecule has 0 saturated heterocycles. The van der Waals surface area contributed by atoms with Crippen LogP contribution in [0.5, 0.6) is 0 Å². The Bertz CT molecular complexity index is 320. The molecular weight excluding hydrogens is 236 g/mol. The van der Waals surface area contributed by atoms with Crippen LogP contribution in [0, 0.1) is 0 Å². The fourth-order valence-electron chi connectivity index (χ4n) is 1.65. The maximum atomic E-state index is 5.40. The van der Waals surface area contributed by atoms with Gasteiger partial charge < -0.3 is 24.3 Å². The minimum absolute atomic E-state index is 0.467. The summed E-state index contributed by atoms with van der Waals surface area (Å²) in [6.45, 7) is 1.22. The molecule has 0 amide bonds. The van der Waals surface area contributed by atoms with E-state index in [0.29, 0.717) is 6.67 Å².